The molecule has 0 saturated heterocycles. The standard InChI is InChI=1S/C37H45N3O6S/c1-6-24-31(45-5)13-12-25-32(17-28(38-33(24)25)34-39-29(20-47-34)21(2)3)46-23-15-26-27(16-23)35(42)40(4)14-10-8-7-9-11-22-18-37(22,36(43)44)19-30(26)41/h9,11-13,17,20-23,26-27H,6-8,10,14-16,18-19H2,1-5H3,(H,43,44)/b11-9-/t22?,23-,26+,27?,37+/m0/s1. The molecule has 3 aliphatic rings. The van der Waals surface area contributed by atoms with E-state index in [-0.39, 0.29) is 29.9 Å². The molecule has 3 aromatic rings. The number of carboxylic acid groups (broad SMARTS) is 1. The van der Waals surface area contributed by atoms with Gasteiger partial charge in [-0.15, -0.1) is 11.3 Å². The van der Waals surface area contributed by atoms with Gasteiger partial charge in [0, 0.05) is 48.3 Å². The first kappa shape index (κ1) is 33.1. The molecule has 6 rings (SSSR count). The number of amides is 1. The Labute approximate surface area is 280 Å². The number of aliphatic carboxylic acids is 1. The van der Waals surface area contributed by atoms with E-state index in [0.29, 0.717) is 43.7 Å². The van der Waals surface area contributed by atoms with Crippen LogP contribution in [0.1, 0.15) is 82.9 Å². The molecule has 1 aromatic carbocycles. The van der Waals surface area contributed by atoms with E-state index >= 15 is 0 Å². The summed E-state index contributed by atoms with van der Waals surface area (Å²) in [6.07, 6.45) is 8.04. The maximum Gasteiger partial charge on any atom is 0.310 e. The van der Waals surface area contributed by atoms with Gasteiger partial charge < -0.3 is 19.5 Å². The number of pyridine rings is 1. The first-order chi connectivity index (χ1) is 22.6. The largest absolute Gasteiger partial charge is 0.496 e. The minimum Gasteiger partial charge on any atom is -0.496 e. The Morgan fingerprint density at radius 3 is 2.64 bits per heavy atom. The van der Waals surface area contributed by atoms with Crippen LogP contribution in [0.15, 0.2) is 35.7 Å². The second kappa shape index (κ2) is 13.4. The molecule has 1 amide bonds. The second-order valence-corrected chi connectivity index (χ2v) is 14.6. The van der Waals surface area contributed by atoms with Crippen molar-refractivity contribution < 1.29 is 29.0 Å². The number of allylic oxidation sites excluding steroid dienone is 2. The molecule has 2 aliphatic carbocycles. The maximum absolute atomic E-state index is 14.0. The minimum absolute atomic E-state index is 0.0631. The average molecular weight is 660 g/mol. The third-order valence-electron chi connectivity index (χ3n) is 10.4. The Morgan fingerprint density at radius 2 is 1.94 bits per heavy atom. The van der Waals surface area contributed by atoms with Crippen LogP contribution in [0.25, 0.3) is 21.6 Å². The number of hydrogen-bond donors (Lipinski definition) is 1. The SMILES string of the molecule is CCc1c(OC)ccc2c(O[C@@H]3CC4C(=O)N(C)CCCC/C=C\C5C[C@@]5(C(=O)O)CC(=O)[C@@H]4C3)cc(-c3nc(C(C)C)cs3)nc12. The number of Topliss-reactive ketones (excluding diaryl/α,β-unsaturated/α-hetero) is 1. The maximum atomic E-state index is 14.0. The van der Waals surface area contributed by atoms with Crippen molar-refractivity contribution in [1.29, 1.82) is 0 Å². The molecule has 1 aliphatic heterocycles. The number of ether oxygens (including phenoxy) is 2. The lowest BCUT2D eigenvalue weighted by atomic mass is 9.84. The number of aromatic nitrogens is 2. The number of rotatable bonds is 7. The molecule has 0 spiro atoms. The normalized spacial score (nSPS) is 27.3. The molecule has 0 bridgehead atoms. The lowest BCUT2D eigenvalue weighted by molar-refractivity contribution is -0.147. The van der Waals surface area contributed by atoms with Gasteiger partial charge in [0.25, 0.3) is 0 Å². The molecule has 5 atom stereocenters. The zero-order valence-electron chi connectivity index (χ0n) is 28.0. The number of hydrogen-bond acceptors (Lipinski definition) is 8. The minimum atomic E-state index is -1.08. The molecule has 2 saturated carbocycles. The van der Waals surface area contributed by atoms with Gasteiger partial charge in [0.1, 0.15) is 34.1 Å². The summed E-state index contributed by atoms with van der Waals surface area (Å²) in [6.45, 7) is 6.90. The van der Waals surface area contributed by atoms with Gasteiger partial charge >= 0.3 is 5.97 Å². The van der Waals surface area contributed by atoms with Gasteiger partial charge in [0.15, 0.2) is 0 Å². The van der Waals surface area contributed by atoms with Crippen molar-refractivity contribution in [2.45, 2.75) is 84.2 Å². The molecule has 250 valence electrons. The first-order valence-electron chi connectivity index (χ1n) is 16.9. The molecule has 0 radical (unpaired) electrons. The predicted molar refractivity (Wildman–Crippen MR) is 182 cm³/mol. The smallest absolute Gasteiger partial charge is 0.310 e. The van der Waals surface area contributed by atoms with Gasteiger partial charge in [-0.1, -0.05) is 32.9 Å². The number of fused-ring (bicyclic) bond motifs is 3. The van der Waals surface area contributed by atoms with Crippen molar-refractivity contribution >= 4 is 39.9 Å². The zero-order valence-corrected chi connectivity index (χ0v) is 28.8. The molecule has 9 nitrogen and oxygen atoms in total. The summed E-state index contributed by atoms with van der Waals surface area (Å²) in [4.78, 5) is 51.9. The molecule has 1 N–H and O–H groups in total. The average Bonchev–Trinajstić information content (AvgIpc) is 3.36. The fourth-order valence-electron chi connectivity index (χ4n) is 7.42. The Bertz CT molecular complexity index is 1720. The Balaban J connectivity index is 1.36. The molecule has 2 fully saturated rings. The second-order valence-electron chi connectivity index (χ2n) is 13.8. The molecule has 10 heteroatoms. The van der Waals surface area contributed by atoms with Crippen molar-refractivity contribution in [3.05, 3.63) is 47.0 Å². The van der Waals surface area contributed by atoms with Crippen molar-refractivity contribution in [3.63, 3.8) is 0 Å². The van der Waals surface area contributed by atoms with Crippen LogP contribution in [-0.4, -0.2) is 64.4 Å². The van der Waals surface area contributed by atoms with Crippen LogP contribution in [0, 0.1) is 23.2 Å². The van der Waals surface area contributed by atoms with Crippen molar-refractivity contribution in [1.82, 2.24) is 14.9 Å². The van der Waals surface area contributed by atoms with E-state index in [1.807, 2.05) is 30.4 Å². The Kier molecular flexibility index (Phi) is 9.43. The van der Waals surface area contributed by atoms with Crippen LogP contribution in [0.2, 0.25) is 0 Å². The van der Waals surface area contributed by atoms with Crippen LogP contribution < -0.4 is 9.47 Å². The van der Waals surface area contributed by atoms with E-state index in [1.165, 1.54) is 0 Å². The van der Waals surface area contributed by atoms with Crippen LogP contribution in [0.3, 0.4) is 0 Å². The molecule has 2 unspecified atom stereocenters. The van der Waals surface area contributed by atoms with Gasteiger partial charge in [-0.25, -0.2) is 9.97 Å². The lowest BCUT2D eigenvalue weighted by Crippen LogP contribution is -2.38. The summed E-state index contributed by atoms with van der Waals surface area (Å²) >= 11 is 1.54. The van der Waals surface area contributed by atoms with Crippen molar-refractivity contribution in [2.24, 2.45) is 23.2 Å². The summed E-state index contributed by atoms with van der Waals surface area (Å²) in [7, 11) is 3.46. The van der Waals surface area contributed by atoms with Gasteiger partial charge in [0.05, 0.1) is 29.7 Å². The zero-order chi connectivity index (χ0) is 33.5. The Morgan fingerprint density at radius 1 is 1.15 bits per heavy atom. The highest BCUT2D eigenvalue weighted by Gasteiger charge is 2.61. The van der Waals surface area contributed by atoms with Gasteiger partial charge in [-0.2, -0.15) is 0 Å². The summed E-state index contributed by atoms with van der Waals surface area (Å²) in [6, 6.07) is 5.80. The molecule has 47 heavy (non-hydrogen) atoms. The molecule has 3 heterocycles. The number of carboxylic acids is 1. The summed E-state index contributed by atoms with van der Waals surface area (Å²) in [5, 5.41) is 13.9. The van der Waals surface area contributed by atoms with Crippen LogP contribution in [-0.2, 0) is 20.8 Å². The highest BCUT2D eigenvalue weighted by Crippen LogP contribution is 2.57. The molecular formula is C37H45N3O6S. The molecular weight excluding hydrogens is 614 g/mol. The quantitative estimate of drug-likeness (QED) is 0.268. The van der Waals surface area contributed by atoms with Crippen molar-refractivity contribution in [2.75, 3.05) is 20.7 Å². The van der Waals surface area contributed by atoms with Crippen molar-refractivity contribution in [3.8, 4) is 22.2 Å². The van der Waals surface area contributed by atoms with E-state index in [4.69, 9.17) is 19.4 Å². The third-order valence-corrected chi connectivity index (χ3v) is 11.2. The number of benzene rings is 1. The number of thiazole rings is 1. The fourth-order valence-corrected chi connectivity index (χ4v) is 8.36. The molecule has 2 aromatic heterocycles. The first-order valence-corrected chi connectivity index (χ1v) is 17.7. The third kappa shape index (κ3) is 6.41. The number of carbonyl (C=O) groups is 3. The van der Waals surface area contributed by atoms with E-state index in [2.05, 4.69) is 26.2 Å². The van der Waals surface area contributed by atoms with Gasteiger partial charge in [-0.3, -0.25) is 14.4 Å². The van der Waals surface area contributed by atoms with E-state index < -0.39 is 29.3 Å². The summed E-state index contributed by atoms with van der Waals surface area (Å²) < 4.78 is 12.5. The lowest BCUT2D eigenvalue weighted by Gasteiger charge is -2.25. The van der Waals surface area contributed by atoms with Crippen LogP contribution >= 0.6 is 11.3 Å². The summed E-state index contributed by atoms with van der Waals surface area (Å²) in [5.74, 6) is -0.810. The van der Waals surface area contributed by atoms with Crippen LogP contribution in [0.5, 0.6) is 11.5 Å². The number of nitrogens with zero attached hydrogens (tertiary/aromatic N) is 3. The number of aryl methyl sites for hydroxylation is 1. The number of carbonyl (C=O) groups excluding carboxylic acids is 2. The van der Waals surface area contributed by atoms with E-state index in [9.17, 15) is 19.5 Å². The fraction of sp³-hybridized carbons (Fsp3) is 0.541. The summed E-state index contributed by atoms with van der Waals surface area (Å²) in [5.41, 5.74) is 2.37. The highest BCUT2D eigenvalue weighted by molar-refractivity contribution is 7.13. The topological polar surface area (TPSA) is 119 Å². The van der Waals surface area contributed by atoms with Gasteiger partial charge in [-0.05, 0) is 68.9 Å². The van der Waals surface area contributed by atoms with E-state index in [0.717, 1.165) is 52.2 Å². The highest BCUT2D eigenvalue weighted by atomic mass is 32.1. The predicted octanol–water partition coefficient (Wildman–Crippen LogP) is 7.07. The number of ketones is 1. The van der Waals surface area contributed by atoms with E-state index in [1.54, 1.807) is 30.4 Å². The van der Waals surface area contributed by atoms with Gasteiger partial charge in [0.2, 0.25) is 5.91 Å². The Hall–Kier alpha value is -3.79. The van der Waals surface area contributed by atoms with Crippen LogP contribution in [0.4, 0.5) is 0 Å². The number of methoxy groups -OCH3 is 1. The monoisotopic (exact) mass is 659 g/mol.